The van der Waals surface area contributed by atoms with Crippen molar-refractivity contribution >= 4 is 18.0 Å². The molecule has 0 radical (unpaired) electrons. The second-order valence-corrected chi connectivity index (χ2v) is 4.93. The van der Waals surface area contributed by atoms with Crippen LogP contribution in [0.3, 0.4) is 0 Å². The van der Waals surface area contributed by atoms with Crippen molar-refractivity contribution < 1.29 is 19.1 Å². The van der Waals surface area contributed by atoms with E-state index < -0.39 is 6.09 Å². The van der Waals surface area contributed by atoms with Gasteiger partial charge in [0, 0.05) is 31.6 Å². The smallest absolute Gasteiger partial charge is 0.417 e. The van der Waals surface area contributed by atoms with Crippen LogP contribution >= 0.6 is 0 Å². The highest BCUT2D eigenvalue weighted by molar-refractivity contribution is 5.97. The van der Waals surface area contributed by atoms with Crippen LogP contribution in [-0.4, -0.2) is 60.1 Å². The summed E-state index contributed by atoms with van der Waals surface area (Å²) in [7, 11) is 0. The molecular formula is C11H17N3O4. The van der Waals surface area contributed by atoms with Gasteiger partial charge in [-0.05, 0) is 13.8 Å². The summed E-state index contributed by atoms with van der Waals surface area (Å²) in [6.07, 6.45) is -0.579. The van der Waals surface area contributed by atoms with E-state index in [1.54, 1.807) is 4.90 Å². The van der Waals surface area contributed by atoms with E-state index in [0.717, 1.165) is 4.90 Å². The molecule has 0 spiro atoms. The standard InChI is InChI=1S/C11H17N3O4/c1-7(2)12-10(16)13-3-8(4-13)5-14-9(15)6-18-11(14)17/h7-8H,3-6H2,1-2H3,(H,12,16). The third-order valence-electron chi connectivity index (χ3n) is 2.94. The third-order valence-corrected chi connectivity index (χ3v) is 2.94. The van der Waals surface area contributed by atoms with Gasteiger partial charge in [0.2, 0.25) is 0 Å². The van der Waals surface area contributed by atoms with Gasteiger partial charge < -0.3 is 15.0 Å². The van der Waals surface area contributed by atoms with E-state index >= 15 is 0 Å². The molecule has 0 bridgehead atoms. The van der Waals surface area contributed by atoms with Crippen LogP contribution in [0, 0.1) is 5.92 Å². The number of hydrogen-bond acceptors (Lipinski definition) is 4. The molecule has 2 saturated heterocycles. The fraction of sp³-hybridized carbons (Fsp3) is 0.727. The molecule has 0 aromatic carbocycles. The Morgan fingerprint density at radius 2 is 2.11 bits per heavy atom. The van der Waals surface area contributed by atoms with Crippen LogP contribution in [-0.2, 0) is 9.53 Å². The van der Waals surface area contributed by atoms with Crippen molar-refractivity contribution in [3.05, 3.63) is 0 Å². The molecule has 2 fully saturated rings. The summed E-state index contributed by atoms with van der Waals surface area (Å²) >= 11 is 0. The number of cyclic esters (lactones) is 1. The van der Waals surface area contributed by atoms with Crippen LogP contribution in [0.1, 0.15) is 13.8 Å². The molecule has 2 aliphatic heterocycles. The topological polar surface area (TPSA) is 79.0 Å². The van der Waals surface area contributed by atoms with Gasteiger partial charge in [-0.3, -0.25) is 4.79 Å². The van der Waals surface area contributed by atoms with Gasteiger partial charge in [-0.2, -0.15) is 0 Å². The van der Waals surface area contributed by atoms with Crippen molar-refractivity contribution in [2.45, 2.75) is 19.9 Å². The van der Waals surface area contributed by atoms with Crippen molar-refractivity contribution in [3.63, 3.8) is 0 Å². The number of ether oxygens (including phenoxy) is 1. The Morgan fingerprint density at radius 3 is 2.61 bits per heavy atom. The summed E-state index contributed by atoms with van der Waals surface area (Å²) in [5, 5.41) is 2.79. The Bertz CT molecular complexity index is 360. The average molecular weight is 255 g/mol. The summed E-state index contributed by atoms with van der Waals surface area (Å²) in [6.45, 7) is 5.10. The molecule has 100 valence electrons. The van der Waals surface area contributed by atoms with Gasteiger partial charge in [0.05, 0.1) is 0 Å². The minimum Gasteiger partial charge on any atom is -0.439 e. The predicted molar refractivity (Wildman–Crippen MR) is 61.8 cm³/mol. The number of imide groups is 1. The van der Waals surface area contributed by atoms with E-state index in [2.05, 4.69) is 10.1 Å². The fourth-order valence-corrected chi connectivity index (χ4v) is 2.01. The largest absolute Gasteiger partial charge is 0.439 e. The molecule has 4 amide bonds. The average Bonchev–Trinajstić information content (AvgIpc) is 2.51. The zero-order valence-corrected chi connectivity index (χ0v) is 10.5. The van der Waals surface area contributed by atoms with Gasteiger partial charge in [-0.1, -0.05) is 0 Å². The molecule has 1 N–H and O–H groups in total. The lowest BCUT2D eigenvalue weighted by Gasteiger charge is -2.40. The van der Waals surface area contributed by atoms with E-state index in [4.69, 9.17) is 0 Å². The van der Waals surface area contributed by atoms with Crippen LogP contribution in [0.25, 0.3) is 0 Å². The first-order chi connectivity index (χ1) is 8.47. The third kappa shape index (κ3) is 2.55. The highest BCUT2D eigenvalue weighted by Gasteiger charge is 2.38. The van der Waals surface area contributed by atoms with Crippen molar-refractivity contribution in [2.75, 3.05) is 26.2 Å². The molecule has 0 aromatic rings. The van der Waals surface area contributed by atoms with Gasteiger partial charge >= 0.3 is 12.1 Å². The molecule has 2 heterocycles. The van der Waals surface area contributed by atoms with Crippen molar-refractivity contribution in [2.24, 2.45) is 5.92 Å². The first kappa shape index (κ1) is 12.7. The lowest BCUT2D eigenvalue weighted by molar-refractivity contribution is -0.126. The van der Waals surface area contributed by atoms with E-state index in [9.17, 15) is 14.4 Å². The first-order valence-corrected chi connectivity index (χ1v) is 6.00. The Labute approximate surface area is 105 Å². The Kier molecular flexibility index (Phi) is 3.40. The lowest BCUT2D eigenvalue weighted by Crippen LogP contribution is -2.57. The van der Waals surface area contributed by atoms with Gasteiger partial charge in [-0.15, -0.1) is 0 Å². The number of urea groups is 1. The number of hydrogen-bond donors (Lipinski definition) is 1. The molecule has 7 heteroatoms. The lowest BCUT2D eigenvalue weighted by atomic mass is 10.0. The molecule has 2 aliphatic rings. The summed E-state index contributed by atoms with van der Waals surface area (Å²) in [5.41, 5.74) is 0. The second-order valence-electron chi connectivity index (χ2n) is 4.93. The van der Waals surface area contributed by atoms with Crippen molar-refractivity contribution in [3.8, 4) is 0 Å². The number of carbonyl (C=O) groups is 3. The summed E-state index contributed by atoms with van der Waals surface area (Å²) in [6, 6.07) is 0.00302. The summed E-state index contributed by atoms with van der Waals surface area (Å²) in [5.74, 6) is -0.150. The van der Waals surface area contributed by atoms with Crippen LogP contribution in [0.15, 0.2) is 0 Å². The molecule has 0 aromatic heterocycles. The number of likely N-dealkylation sites (tertiary alicyclic amines) is 1. The Balaban J connectivity index is 1.75. The van der Waals surface area contributed by atoms with E-state index in [1.165, 1.54) is 0 Å². The number of nitrogens with zero attached hydrogens (tertiary/aromatic N) is 2. The summed E-state index contributed by atoms with van der Waals surface area (Å²) in [4.78, 5) is 36.9. The maximum atomic E-state index is 11.6. The molecule has 0 saturated carbocycles. The van der Waals surface area contributed by atoms with Gasteiger partial charge in [-0.25, -0.2) is 14.5 Å². The SMILES string of the molecule is CC(C)NC(=O)N1CC(CN2C(=O)COC2=O)C1. The number of amides is 4. The zero-order chi connectivity index (χ0) is 13.3. The highest BCUT2D eigenvalue weighted by Crippen LogP contribution is 2.19. The molecule has 0 aliphatic carbocycles. The van der Waals surface area contributed by atoms with Crippen LogP contribution in [0.2, 0.25) is 0 Å². The van der Waals surface area contributed by atoms with Gasteiger partial charge in [0.1, 0.15) is 0 Å². The molecule has 2 rings (SSSR count). The first-order valence-electron chi connectivity index (χ1n) is 6.00. The van der Waals surface area contributed by atoms with Gasteiger partial charge in [0.15, 0.2) is 6.61 Å². The number of rotatable bonds is 3. The van der Waals surface area contributed by atoms with Crippen molar-refractivity contribution in [1.82, 2.24) is 15.1 Å². The monoisotopic (exact) mass is 255 g/mol. The maximum absolute atomic E-state index is 11.6. The predicted octanol–water partition coefficient (Wildman–Crippen LogP) is 0.0150. The highest BCUT2D eigenvalue weighted by atomic mass is 16.6. The Hall–Kier alpha value is -1.79. The molecule has 7 nitrogen and oxygen atoms in total. The molecule has 18 heavy (non-hydrogen) atoms. The second kappa shape index (κ2) is 4.83. The Morgan fingerprint density at radius 1 is 1.44 bits per heavy atom. The van der Waals surface area contributed by atoms with Crippen molar-refractivity contribution in [1.29, 1.82) is 0 Å². The van der Waals surface area contributed by atoms with E-state index in [-0.39, 0.29) is 30.5 Å². The van der Waals surface area contributed by atoms with Crippen LogP contribution in [0.5, 0.6) is 0 Å². The van der Waals surface area contributed by atoms with E-state index in [0.29, 0.717) is 19.6 Å². The molecule has 0 atom stereocenters. The number of carbonyl (C=O) groups excluding carboxylic acids is 3. The number of nitrogens with one attached hydrogen (secondary N) is 1. The fourth-order valence-electron chi connectivity index (χ4n) is 2.01. The normalized spacial score (nSPS) is 20.2. The minimum absolute atomic E-state index is 0.100. The molecular weight excluding hydrogens is 238 g/mol. The van der Waals surface area contributed by atoms with Crippen LogP contribution < -0.4 is 5.32 Å². The maximum Gasteiger partial charge on any atom is 0.417 e. The zero-order valence-electron chi connectivity index (χ0n) is 10.5. The van der Waals surface area contributed by atoms with Crippen LogP contribution in [0.4, 0.5) is 9.59 Å². The van der Waals surface area contributed by atoms with Gasteiger partial charge in [0.25, 0.3) is 5.91 Å². The van der Waals surface area contributed by atoms with E-state index in [1.807, 2.05) is 13.8 Å². The summed E-state index contributed by atoms with van der Waals surface area (Å²) < 4.78 is 4.62. The molecule has 0 unspecified atom stereocenters. The minimum atomic E-state index is -0.579. The quantitative estimate of drug-likeness (QED) is 0.770.